The summed E-state index contributed by atoms with van der Waals surface area (Å²) in [5.74, 6) is -0.164. The summed E-state index contributed by atoms with van der Waals surface area (Å²) in [7, 11) is 0. The molecule has 0 fully saturated rings. The van der Waals surface area contributed by atoms with Crippen molar-refractivity contribution in [3.63, 3.8) is 0 Å². The van der Waals surface area contributed by atoms with E-state index in [9.17, 15) is 9.59 Å². The zero-order valence-corrected chi connectivity index (χ0v) is 8.49. The van der Waals surface area contributed by atoms with E-state index in [4.69, 9.17) is 0 Å². The van der Waals surface area contributed by atoms with E-state index in [2.05, 4.69) is 5.32 Å². The molecule has 0 spiro atoms. The van der Waals surface area contributed by atoms with Crippen molar-refractivity contribution in [1.82, 2.24) is 5.32 Å². The summed E-state index contributed by atoms with van der Waals surface area (Å²) in [5, 5.41) is 2.96. The summed E-state index contributed by atoms with van der Waals surface area (Å²) in [5.41, 5.74) is 1.91. The van der Waals surface area contributed by atoms with Crippen LogP contribution in [-0.2, 0) is 0 Å². The van der Waals surface area contributed by atoms with E-state index in [1.807, 2.05) is 6.08 Å². The van der Waals surface area contributed by atoms with Crippen LogP contribution >= 0.6 is 0 Å². The molecule has 0 amide bonds. The van der Waals surface area contributed by atoms with Crippen molar-refractivity contribution in [1.29, 1.82) is 0 Å². The van der Waals surface area contributed by atoms with E-state index < -0.39 is 0 Å². The average Bonchev–Trinajstić information content (AvgIpc) is 2.36. The lowest BCUT2D eigenvalue weighted by molar-refractivity contribution is 0.0971. The fourth-order valence-corrected chi connectivity index (χ4v) is 2.07. The lowest BCUT2D eigenvalue weighted by Gasteiger charge is -2.22. The number of ketones is 2. The third kappa shape index (κ3) is 1.08. The Morgan fingerprint density at radius 1 is 1.00 bits per heavy atom. The minimum absolute atomic E-state index is 0.0753. The van der Waals surface area contributed by atoms with Crippen LogP contribution in [0.25, 0.3) is 0 Å². The van der Waals surface area contributed by atoms with Crippen LogP contribution < -0.4 is 5.32 Å². The molecule has 1 aliphatic carbocycles. The lowest BCUT2D eigenvalue weighted by Crippen LogP contribution is -2.32. The first-order valence-electron chi connectivity index (χ1n) is 5.12. The van der Waals surface area contributed by atoms with Crippen LogP contribution in [0.2, 0.25) is 0 Å². The highest BCUT2D eigenvalue weighted by Gasteiger charge is 2.31. The Kier molecular flexibility index (Phi) is 1.80. The van der Waals surface area contributed by atoms with Crippen LogP contribution in [0.5, 0.6) is 0 Å². The van der Waals surface area contributed by atoms with Crippen molar-refractivity contribution in [3.8, 4) is 0 Å². The minimum atomic E-state index is -0.0884. The fourth-order valence-electron chi connectivity index (χ4n) is 2.07. The van der Waals surface area contributed by atoms with E-state index in [1.165, 1.54) is 0 Å². The van der Waals surface area contributed by atoms with Crippen molar-refractivity contribution >= 4 is 11.6 Å². The summed E-state index contributed by atoms with van der Waals surface area (Å²) in [6, 6.07) is 6.94. The van der Waals surface area contributed by atoms with Gasteiger partial charge >= 0.3 is 0 Å². The van der Waals surface area contributed by atoms with Crippen LogP contribution in [0, 0.1) is 0 Å². The monoisotopic (exact) mass is 211 g/mol. The van der Waals surface area contributed by atoms with Crippen molar-refractivity contribution in [2.45, 2.75) is 0 Å². The van der Waals surface area contributed by atoms with Crippen LogP contribution in [0.1, 0.15) is 20.7 Å². The number of benzene rings is 1. The summed E-state index contributed by atoms with van der Waals surface area (Å²) in [4.78, 5) is 24.2. The SMILES string of the molecule is O=C1C2=C(NCC=C2)C(=O)c2ccccc21. The second-order valence-corrected chi connectivity index (χ2v) is 3.78. The van der Waals surface area contributed by atoms with Gasteiger partial charge in [0.2, 0.25) is 5.78 Å². The predicted octanol–water partition coefficient (Wildman–Crippen LogP) is 1.48. The largest absolute Gasteiger partial charge is 0.378 e. The number of carbonyl (C=O) groups is 2. The molecule has 1 aliphatic heterocycles. The molecule has 0 unspecified atom stereocenters. The van der Waals surface area contributed by atoms with Crippen molar-refractivity contribution < 1.29 is 9.59 Å². The third-order valence-corrected chi connectivity index (χ3v) is 2.84. The molecular weight excluding hydrogens is 202 g/mol. The Morgan fingerprint density at radius 3 is 2.44 bits per heavy atom. The molecule has 16 heavy (non-hydrogen) atoms. The molecule has 0 saturated heterocycles. The normalized spacial score (nSPS) is 18.0. The maximum absolute atomic E-state index is 12.1. The number of rotatable bonds is 0. The molecule has 1 aromatic rings. The predicted molar refractivity (Wildman–Crippen MR) is 59.3 cm³/mol. The Hall–Kier alpha value is -2.16. The highest BCUT2D eigenvalue weighted by molar-refractivity contribution is 6.27. The number of fused-ring (bicyclic) bond motifs is 1. The first kappa shape index (κ1) is 9.09. The highest BCUT2D eigenvalue weighted by Crippen LogP contribution is 2.26. The number of nitrogens with one attached hydrogen (secondary N) is 1. The van der Waals surface area contributed by atoms with Gasteiger partial charge in [0.05, 0.1) is 5.70 Å². The van der Waals surface area contributed by atoms with Gasteiger partial charge in [-0.3, -0.25) is 9.59 Å². The van der Waals surface area contributed by atoms with Gasteiger partial charge in [-0.25, -0.2) is 0 Å². The minimum Gasteiger partial charge on any atom is -0.378 e. The summed E-state index contributed by atoms with van der Waals surface area (Å²) in [6.07, 6.45) is 3.57. The number of dihydropyridines is 1. The smallest absolute Gasteiger partial charge is 0.210 e. The van der Waals surface area contributed by atoms with E-state index in [0.29, 0.717) is 28.9 Å². The van der Waals surface area contributed by atoms with E-state index in [0.717, 1.165) is 0 Å². The molecule has 0 atom stereocenters. The van der Waals surface area contributed by atoms with Crippen molar-refractivity contribution in [2.75, 3.05) is 6.54 Å². The number of carbonyl (C=O) groups excluding carboxylic acids is 2. The van der Waals surface area contributed by atoms with E-state index in [-0.39, 0.29) is 11.6 Å². The Morgan fingerprint density at radius 2 is 1.69 bits per heavy atom. The first-order valence-corrected chi connectivity index (χ1v) is 5.12. The third-order valence-electron chi connectivity index (χ3n) is 2.84. The molecule has 1 heterocycles. The number of hydrogen-bond donors (Lipinski definition) is 1. The molecule has 0 aromatic heterocycles. The van der Waals surface area contributed by atoms with Gasteiger partial charge in [-0.1, -0.05) is 36.4 Å². The second kappa shape index (κ2) is 3.17. The van der Waals surface area contributed by atoms with Crippen LogP contribution in [0.15, 0.2) is 47.7 Å². The molecule has 3 heteroatoms. The Labute approximate surface area is 92.5 Å². The first-order chi connectivity index (χ1) is 7.79. The zero-order chi connectivity index (χ0) is 11.1. The second-order valence-electron chi connectivity index (χ2n) is 3.78. The molecule has 0 radical (unpaired) electrons. The van der Waals surface area contributed by atoms with Gasteiger partial charge < -0.3 is 5.32 Å². The van der Waals surface area contributed by atoms with Crippen LogP contribution in [0.4, 0.5) is 0 Å². The van der Waals surface area contributed by atoms with Crippen LogP contribution in [-0.4, -0.2) is 18.1 Å². The van der Waals surface area contributed by atoms with Crippen molar-refractivity contribution in [3.05, 3.63) is 58.8 Å². The summed E-state index contributed by atoms with van der Waals surface area (Å²) < 4.78 is 0. The topological polar surface area (TPSA) is 46.2 Å². The van der Waals surface area contributed by atoms with Gasteiger partial charge in [0.1, 0.15) is 0 Å². The highest BCUT2D eigenvalue weighted by atomic mass is 16.1. The van der Waals surface area contributed by atoms with E-state index in [1.54, 1.807) is 30.3 Å². The number of hydrogen-bond acceptors (Lipinski definition) is 3. The zero-order valence-electron chi connectivity index (χ0n) is 8.49. The fraction of sp³-hybridized carbons (Fsp3) is 0.0769. The van der Waals surface area contributed by atoms with Gasteiger partial charge in [0, 0.05) is 23.2 Å². The Balaban J connectivity index is 2.26. The summed E-state index contributed by atoms with van der Waals surface area (Å²) in [6.45, 7) is 0.597. The van der Waals surface area contributed by atoms with Crippen molar-refractivity contribution in [2.24, 2.45) is 0 Å². The molecule has 78 valence electrons. The van der Waals surface area contributed by atoms with Gasteiger partial charge in [-0.05, 0) is 0 Å². The molecule has 0 bridgehead atoms. The lowest BCUT2D eigenvalue weighted by atomic mass is 9.86. The molecule has 1 aromatic carbocycles. The quantitative estimate of drug-likeness (QED) is 0.707. The molecule has 3 nitrogen and oxygen atoms in total. The van der Waals surface area contributed by atoms with Gasteiger partial charge in [0.25, 0.3) is 0 Å². The van der Waals surface area contributed by atoms with Crippen LogP contribution in [0.3, 0.4) is 0 Å². The maximum Gasteiger partial charge on any atom is 0.210 e. The number of allylic oxidation sites excluding steroid dienone is 3. The molecular formula is C13H9NO2. The number of Topliss-reactive ketones (excluding diaryl/α,β-unsaturated/α-hetero) is 2. The standard InChI is InChI=1S/C13H9NO2/c15-12-8-4-1-2-5-9(8)13(16)11-10(12)6-3-7-14-11/h1-6,14H,7H2. The molecule has 0 saturated carbocycles. The van der Waals surface area contributed by atoms with Gasteiger partial charge in [-0.15, -0.1) is 0 Å². The Bertz CT molecular complexity index is 567. The average molecular weight is 211 g/mol. The van der Waals surface area contributed by atoms with Gasteiger partial charge in [0.15, 0.2) is 5.78 Å². The molecule has 3 rings (SSSR count). The molecule has 2 aliphatic rings. The van der Waals surface area contributed by atoms with Gasteiger partial charge in [-0.2, -0.15) is 0 Å². The summed E-state index contributed by atoms with van der Waals surface area (Å²) >= 11 is 0. The maximum atomic E-state index is 12.1. The van der Waals surface area contributed by atoms with E-state index >= 15 is 0 Å². The molecule has 1 N–H and O–H groups in total.